The number of likely N-dealkylation sites (tertiary alicyclic amines) is 1. The van der Waals surface area contributed by atoms with E-state index in [9.17, 15) is 13.0 Å². The number of alkyl halides is 2. The fraction of sp³-hybridized carbons (Fsp3) is 0.560. The van der Waals surface area contributed by atoms with Crippen molar-refractivity contribution >= 4 is 34.4 Å². The highest BCUT2D eigenvalue weighted by Gasteiger charge is 2.50. The first kappa shape index (κ1) is 25.9. The first-order valence-electron chi connectivity index (χ1n) is 12.6. The molecule has 0 amide bonds. The molecule has 200 valence electrons. The molecule has 0 aliphatic carbocycles. The molecule has 3 N–H and O–H groups in total. The van der Waals surface area contributed by atoms with E-state index in [2.05, 4.69) is 42.5 Å². The summed E-state index contributed by atoms with van der Waals surface area (Å²) in [5, 5.41) is 7.32. The molecule has 0 aromatic carbocycles. The summed E-state index contributed by atoms with van der Waals surface area (Å²) in [6.07, 6.45) is 5.11. The molecule has 0 bridgehead atoms. The van der Waals surface area contributed by atoms with Gasteiger partial charge in [-0.25, -0.2) is 27.7 Å². The zero-order valence-electron chi connectivity index (χ0n) is 21.2. The molecule has 0 radical (unpaired) electrons. The number of nitrogens with one attached hydrogen (secondary N) is 3. The van der Waals surface area contributed by atoms with Crippen molar-refractivity contribution in [1.29, 1.82) is 5.41 Å². The molecule has 0 saturated carbocycles. The average molecular weight is 533 g/mol. The number of pyridine rings is 1. The van der Waals surface area contributed by atoms with Crippen LogP contribution in [-0.2, 0) is 11.0 Å². The van der Waals surface area contributed by atoms with Gasteiger partial charge in [0.25, 0.3) is 6.43 Å². The second-order valence-corrected chi connectivity index (χ2v) is 11.8. The molecule has 3 aliphatic heterocycles. The Balaban J connectivity index is 1.39. The van der Waals surface area contributed by atoms with E-state index in [1.165, 1.54) is 6.08 Å². The minimum absolute atomic E-state index is 0.366. The summed E-state index contributed by atoms with van der Waals surface area (Å²) < 4.78 is 39.9. The van der Waals surface area contributed by atoms with Crippen LogP contribution in [0, 0.1) is 16.7 Å². The van der Waals surface area contributed by atoms with Gasteiger partial charge in [0, 0.05) is 63.0 Å². The zero-order chi connectivity index (χ0) is 26.2. The average Bonchev–Trinajstić information content (AvgIpc) is 3.31. The highest BCUT2D eigenvalue weighted by atomic mass is 32.2. The van der Waals surface area contributed by atoms with E-state index in [4.69, 9.17) is 10.4 Å². The molecule has 2 atom stereocenters. The molecule has 1 spiro atoms. The minimum atomic E-state index is -2.81. The summed E-state index contributed by atoms with van der Waals surface area (Å²) >= 11 is 0. The Bertz CT molecular complexity index is 1190. The van der Waals surface area contributed by atoms with Crippen LogP contribution in [0.15, 0.2) is 24.4 Å². The van der Waals surface area contributed by atoms with Gasteiger partial charge in [0.15, 0.2) is 0 Å². The first-order valence-corrected chi connectivity index (χ1v) is 14.1. The maximum absolute atomic E-state index is 12.7. The number of anilines is 2. The van der Waals surface area contributed by atoms with E-state index >= 15 is 0 Å². The van der Waals surface area contributed by atoms with E-state index in [0.717, 1.165) is 81.1 Å². The number of piperidine rings is 1. The van der Waals surface area contributed by atoms with Crippen molar-refractivity contribution in [3.8, 4) is 11.3 Å². The smallest absolute Gasteiger partial charge is 0.279 e. The van der Waals surface area contributed by atoms with Crippen molar-refractivity contribution in [3.05, 3.63) is 30.2 Å². The number of H-pyrrole nitrogens is 1. The lowest BCUT2D eigenvalue weighted by molar-refractivity contribution is -0.00278. The predicted octanol–water partition coefficient (Wildman–Crippen LogP) is 2.62. The molecule has 3 fully saturated rings. The van der Waals surface area contributed by atoms with Crippen molar-refractivity contribution in [2.75, 3.05) is 68.9 Å². The van der Waals surface area contributed by atoms with E-state index in [0.29, 0.717) is 23.7 Å². The summed E-state index contributed by atoms with van der Waals surface area (Å²) in [6, 6.07) is 4.11. The second-order valence-electron chi connectivity index (χ2n) is 10.6. The third-order valence-corrected chi connectivity index (χ3v) is 7.94. The summed E-state index contributed by atoms with van der Waals surface area (Å²) in [4.78, 5) is 19.5. The Kier molecular flexibility index (Phi) is 7.42. The summed E-state index contributed by atoms with van der Waals surface area (Å²) in [5.74, 6) is 2.62. The third kappa shape index (κ3) is 5.91. The van der Waals surface area contributed by atoms with E-state index in [-0.39, 0.29) is 0 Å². The number of nitrogens with zero attached hydrogens (tertiary/aromatic N) is 5. The number of hydrogen-bond acceptors (Lipinski definition) is 7. The SMILES string of the molecule is CN1CC2(C1)CN(c1cc(-c3cnc(/C=C\C(=N)C(F)F)[nH]3)cc(N3CCCC(CNS(C)=O)C3)n1)C2. The van der Waals surface area contributed by atoms with Gasteiger partial charge in [-0.2, -0.15) is 0 Å². The summed E-state index contributed by atoms with van der Waals surface area (Å²) in [5.41, 5.74) is 1.31. The van der Waals surface area contributed by atoms with Gasteiger partial charge < -0.3 is 19.7 Å². The Hall–Kier alpha value is -2.70. The fourth-order valence-electron chi connectivity index (χ4n) is 5.69. The van der Waals surface area contributed by atoms with Crippen LogP contribution >= 0.6 is 0 Å². The van der Waals surface area contributed by atoms with Gasteiger partial charge in [-0.05, 0) is 50.1 Å². The van der Waals surface area contributed by atoms with E-state index < -0.39 is 23.1 Å². The number of rotatable bonds is 9. The Labute approximate surface area is 218 Å². The highest BCUT2D eigenvalue weighted by Crippen LogP contribution is 2.42. The third-order valence-electron chi connectivity index (χ3n) is 7.37. The lowest BCUT2D eigenvalue weighted by atomic mass is 9.73. The van der Waals surface area contributed by atoms with Crippen molar-refractivity contribution in [2.24, 2.45) is 11.3 Å². The predicted molar refractivity (Wildman–Crippen MR) is 144 cm³/mol. The van der Waals surface area contributed by atoms with Crippen molar-refractivity contribution in [2.45, 2.75) is 19.3 Å². The second kappa shape index (κ2) is 10.6. The van der Waals surface area contributed by atoms with Gasteiger partial charge in [0.05, 0.1) is 28.6 Å². The van der Waals surface area contributed by atoms with Crippen molar-refractivity contribution in [1.82, 2.24) is 24.6 Å². The van der Waals surface area contributed by atoms with Crippen LogP contribution in [0.25, 0.3) is 17.3 Å². The Morgan fingerprint density at radius 2 is 2.03 bits per heavy atom. The Morgan fingerprint density at radius 1 is 1.30 bits per heavy atom. The van der Waals surface area contributed by atoms with Crippen LogP contribution in [0.1, 0.15) is 18.7 Å². The molecular formula is C25H34F2N8OS. The molecule has 5 heterocycles. The molecule has 12 heteroatoms. The topological polar surface area (TPSA) is 104 Å². The molecular weight excluding hydrogens is 498 g/mol. The molecule has 37 heavy (non-hydrogen) atoms. The summed E-state index contributed by atoms with van der Waals surface area (Å²) in [6.45, 7) is 6.63. The standard InChI is InChI=1S/C25H34F2N8OS/c1-33-13-25(14-33)15-35(16-25)23-9-18(20-11-29-21(31-20)6-5-19(28)24(26)27)8-22(32-23)34-7-3-4-17(12-34)10-30-37(2)36/h5-6,8-9,11,17,24,28,30H,3-4,7,10,12-16H2,1-2H3,(H,29,31)/b6-5-,28-19?. The number of allylic oxidation sites excluding steroid dienone is 1. The van der Waals surface area contributed by atoms with Crippen LogP contribution in [0.3, 0.4) is 0 Å². The number of aromatic amines is 1. The number of imidazole rings is 1. The first-order chi connectivity index (χ1) is 17.7. The molecule has 3 saturated heterocycles. The highest BCUT2D eigenvalue weighted by molar-refractivity contribution is 7.82. The quantitative estimate of drug-likeness (QED) is 0.429. The lowest BCUT2D eigenvalue weighted by Gasteiger charge is -2.60. The van der Waals surface area contributed by atoms with Crippen LogP contribution < -0.4 is 14.5 Å². The van der Waals surface area contributed by atoms with E-state index in [1.54, 1.807) is 12.5 Å². The monoisotopic (exact) mass is 532 g/mol. The Morgan fingerprint density at radius 3 is 2.70 bits per heavy atom. The molecule has 5 rings (SSSR count). The van der Waals surface area contributed by atoms with Crippen LogP contribution in [0.4, 0.5) is 20.4 Å². The fourth-order valence-corrected chi connectivity index (χ4v) is 6.16. The van der Waals surface area contributed by atoms with Crippen LogP contribution in [0.2, 0.25) is 0 Å². The van der Waals surface area contributed by atoms with Gasteiger partial charge in [0.2, 0.25) is 0 Å². The minimum Gasteiger partial charge on any atom is -0.356 e. The number of hydrogen-bond donors (Lipinski definition) is 3. The van der Waals surface area contributed by atoms with Crippen molar-refractivity contribution in [3.63, 3.8) is 0 Å². The number of halogens is 2. The molecule has 2 aromatic rings. The van der Waals surface area contributed by atoms with Gasteiger partial charge >= 0.3 is 0 Å². The largest absolute Gasteiger partial charge is 0.356 e. The van der Waals surface area contributed by atoms with Crippen LogP contribution in [0.5, 0.6) is 0 Å². The van der Waals surface area contributed by atoms with Crippen molar-refractivity contribution < 1.29 is 13.0 Å². The number of aromatic nitrogens is 3. The van der Waals surface area contributed by atoms with Gasteiger partial charge in [-0.15, -0.1) is 0 Å². The van der Waals surface area contributed by atoms with Gasteiger partial charge in [-0.3, -0.25) is 5.41 Å². The maximum Gasteiger partial charge on any atom is 0.279 e. The van der Waals surface area contributed by atoms with Gasteiger partial charge in [0.1, 0.15) is 17.5 Å². The molecule has 2 aromatic heterocycles. The summed E-state index contributed by atoms with van der Waals surface area (Å²) in [7, 11) is 1.11. The molecule has 2 unspecified atom stereocenters. The molecule has 9 nitrogen and oxygen atoms in total. The lowest BCUT2D eigenvalue weighted by Crippen LogP contribution is -2.71. The molecule has 3 aliphatic rings. The van der Waals surface area contributed by atoms with Gasteiger partial charge in [-0.1, -0.05) is 0 Å². The van der Waals surface area contributed by atoms with E-state index in [1.807, 2.05) is 6.07 Å². The van der Waals surface area contributed by atoms with Crippen LogP contribution in [-0.4, -0.2) is 95.3 Å². The normalized spacial score (nSPS) is 22.5. The zero-order valence-corrected chi connectivity index (χ0v) is 22.0. The maximum atomic E-state index is 12.7.